The van der Waals surface area contributed by atoms with Crippen molar-refractivity contribution in [1.29, 1.82) is 0 Å². The molecular weight excluding hydrogens is 164 g/mol. The Bertz CT molecular complexity index is 454. The molecule has 58 valence electrons. The molecule has 0 spiro atoms. The molecule has 0 bridgehead atoms. The van der Waals surface area contributed by atoms with Gasteiger partial charge in [0.25, 0.3) is 0 Å². The van der Waals surface area contributed by atoms with Gasteiger partial charge in [-0.3, -0.25) is 0 Å². The van der Waals surface area contributed by atoms with Gasteiger partial charge >= 0.3 is 0 Å². The van der Waals surface area contributed by atoms with Gasteiger partial charge in [0.2, 0.25) is 0 Å². The Morgan fingerprint density at radius 2 is 2.17 bits per heavy atom. The lowest BCUT2D eigenvalue weighted by Gasteiger charge is -1.90. The highest BCUT2D eigenvalue weighted by atomic mass is 32.1. The molecule has 1 heterocycles. The number of fused-ring (bicyclic) bond motifs is 1. The third kappa shape index (κ3) is 1.22. The summed E-state index contributed by atoms with van der Waals surface area (Å²) in [5.41, 5.74) is 1.10. The van der Waals surface area contributed by atoms with Crippen molar-refractivity contribution < 1.29 is 0 Å². The van der Waals surface area contributed by atoms with Gasteiger partial charge in [-0.05, 0) is 42.0 Å². The van der Waals surface area contributed by atoms with Crippen molar-refractivity contribution in [3.63, 3.8) is 0 Å². The predicted molar refractivity (Wildman–Crippen MR) is 54.4 cm³/mol. The van der Waals surface area contributed by atoms with E-state index in [0.717, 1.165) is 5.56 Å². The molecule has 0 atom stereocenters. The number of thiophene rings is 1. The third-order valence-corrected chi connectivity index (χ3v) is 2.62. The van der Waals surface area contributed by atoms with Gasteiger partial charge in [0.1, 0.15) is 0 Å². The molecule has 0 saturated carbocycles. The first-order valence-corrected chi connectivity index (χ1v) is 4.68. The number of benzene rings is 1. The van der Waals surface area contributed by atoms with Crippen molar-refractivity contribution >= 4 is 21.4 Å². The van der Waals surface area contributed by atoms with E-state index in [1.54, 1.807) is 11.3 Å². The fourth-order valence-electron chi connectivity index (χ4n) is 1.19. The topological polar surface area (TPSA) is 0 Å². The average Bonchev–Trinajstić information content (AvgIpc) is 2.51. The third-order valence-electron chi connectivity index (χ3n) is 1.72. The normalized spacial score (nSPS) is 9.42. The minimum atomic E-state index is 1.10. The Morgan fingerprint density at radius 1 is 1.25 bits per heavy atom. The number of rotatable bonds is 0. The molecule has 0 saturated heterocycles. The molecule has 2 rings (SSSR count). The molecule has 0 nitrogen and oxygen atoms in total. The minimum Gasteiger partial charge on any atom is -0.144 e. The maximum absolute atomic E-state index is 3.04. The van der Waals surface area contributed by atoms with Crippen molar-refractivity contribution in [3.8, 4) is 11.8 Å². The van der Waals surface area contributed by atoms with Crippen LogP contribution in [0.3, 0.4) is 0 Å². The summed E-state index contributed by atoms with van der Waals surface area (Å²) in [6.45, 7) is 1.86. The van der Waals surface area contributed by atoms with Crippen LogP contribution in [0.1, 0.15) is 12.5 Å². The van der Waals surface area contributed by atoms with Gasteiger partial charge in [-0.2, -0.15) is 0 Å². The quantitative estimate of drug-likeness (QED) is 0.535. The fourth-order valence-corrected chi connectivity index (χ4v) is 1.96. The van der Waals surface area contributed by atoms with E-state index < -0.39 is 0 Å². The van der Waals surface area contributed by atoms with Crippen molar-refractivity contribution in [3.05, 3.63) is 35.2 Å². The van der Waals surface area contributed by atoms with Gasteiger partial charge < -0.3 is 0 Å². The number of hydrogen-bond acceptors (Lipinski definition) is 1. The smallest absolute Gasteiger partial charge is 0.0343 e. The van der Waals surface area contributed by atoms with Gasteiger partial charge in [-0.15, -0.1) is 17.3 Å². The van der Waals surface area contributed by atoms with E-state index in [2.05, 4.69) is 41.5 Å². The summed E-state index contributed by atoms with van der Waals surface area (Å²) < 4.78 is 1.33. The second-order valence-electron chi connectivity index (χ2n) is 2.55. The molecule has 0 fully saturated rings. The van der Waals surface area contributed by atoms with E-state index in [1.165, 1.54) is 10.1 Å². The van der Waals surface area contributed by atoms with Gasteiger partial charge in [0.15, 0.2) is 0 Å². The van der Waals surface area contributed by atoms with Crippen LogP contribution in [0.25, 0.3) is 10.1 Å². The van der Waals surface area contributed by atoms with Gasteiger partial charge in [0.05, 0.1) is 0 Å². The Morgan fingerprint density at radius 3 is 3.00 bits per heavy atom. The van der Waals surface area contributed by atoms with Crippen LogP contribution in [0.15, 0.2) is 29.6 Å². The van der Waals surface area contributed by atoms with E-state index >= 15 is 0 Å². The van der Waals surface area contributed by atoms with Crippen LogP contribution in [0.2, 0.25) is 0 Å². The second-order valence-corrected chi connectivity index (χ2v) is 3.50. The largest absolute Gasteiger partial charge is 0.144 e. The lowest BCUT2D eigenvalue weighted by atomic mass is 10.2. The van der Waals surface area contributed by atoms with Crippen molar-refractivity contribution in [2.45, 2.75) is 6.92 Å². The zero-order valence-corrected chi connectivity index (χ0v) is 7.61. The minimum absolute atomic E-state index is 1.10. The Labute approximate surface area is 75.8 Å². The molecule has 1 heteroatoms. The molecule has 1 aromatic heterocycles. The second kappa shape index (κ2) is 3.00. The molecule has 0 aliphatic heterocycles. The molecule has 2 aromatic rings. The van der Waals surface area contributed by atoms with Gasteiger partial charge in [-0.25, -0.2) is 0 Å². The highest BCUT2D eigenvalue weighted by molar-refractivity contribution is 7.17. The van der Waals surface area contributed by atoms with Crippen molar-refractivity contribution in [1.82, 2.24) is 0 Å². The lowest BCUT2D eigenvalue weighted by Crippen LogP contribution is -1.70. The summed E-state index contributed by atoms with van der Waals surface area (Å²) >= 11 is 1.77. The zero-order chi connectivity index (χ0) is 8.39. The van der Waals surface area contributed by atoms with Crippen LogP contribution in [-0.4, -0.2) is 0 Å². The molecule has 0 aliphatic rings. The summed E-state index contributed by atoms with van der Waals surface area (Å²) in [5, 5.41) is 3.40. The van der Waals surface area contributed by atoms with Crippen LogP contribution in [0.4, 0.5) is 0 Å². The SMILES string of the molecule is CC#Cc1ccc2sccc2c1. The fraction of sp³-hybridized carbons (Fsp3) is 0.0909. The molecule has 0 unspecified atom stereocenters. The summed E-state index contributed by atoms with van der Waals surface area (Å²) in [7, 11) is 0. The Hall–Kier alpha value is -1.26. The molecule has 12 heavy (non-hydrogen) atoms. The monoisotopic (exact) mass is 172 g/mol. The molecule has 0 radical (unpaired) electrons. The first-order chi connectivity index (χ1) is 5.90. The van der Waals surface area contributed by atoms with Crippen molar-refractivity contribution in [2.24, 2.45) is 0 Å². The maximum Gasteiger partial charge on any atom is 0.0343 e. The van der Waals surface area contributed by atoms with E-state index in [0.29, 0.717) is 0 Å². The summed E-state index contributed by atoms with van der Waals surface area (Å²) in [5.74, 6) is 5.94. The van der Waals surface area contributed by atoms with Crippen molar-refractivity contribution in [2.75, 3.05) is 0 Å². The first kappa shape index (κ1) is 7.39. The first-order valence-electron chi connectivity index (χ1n) is 3.80. The summed E-state index contributed by atoms with van der Waals surface area (Å²) in [6.07, 6.45) is 0. The molecular formula is C11H8S. The van der Waals surface area contributed by atoms with E-state index in [-0.39, 0.29) is 0 Å². The summed E-state index contributed by atoms with van der Waals surface area (Å²) in [6, 6.07) is 8.44. The highest BCUT2D eigenvalue weighted by Gasteiger charge is 1.93. The average molecular weight is 172 g/mol. The van der Waals surface area contributed by atoms with E-state index in [4.69, 9.17) is 0 Å². The lowest BCUT2D eigenvalue weighted by molar-refractivity contribution is 1.73. The van der Waals surface area contributed by atoms with E-state index in [9.17, 15) is 0 Å². The van der Waals surface area contributed by atoms with Gasteiger partial charge in [-0.1, -0.05) is 5.92 Å². The molecule has 0 N–H and O–H groups in total. The highest BCUT2D eigenvalue weighted by Crippen LogP contribution is 2.21. The Balaban J connectivity index is 2.65. The van der Waals surface area contributed by atoms with Gasteiger partial charge in [0, 0.05) is 10.3 Å². The van der Waals surface area contributed by atoms with Crippen LogP contribution < -0.4 is 0 Å². The van der Waals surface area contributed by atoms with Crippen LogP contribution >= 0.6 is 11.3 Å². The van der Waals surface area contributed by atoms with Crippen LogP contribution in [0, 0.1) is 11.8 Å². The van der Waals surface area contributed by atoms with E-state index in [1.807, 2.05) is 6.92 Å². The molecule has 1 aromatic carbocycles. The molecule has 0 amide bonds. The molecule has 0 aliphatic carbocycles. The number of hydrogen-bond donors (Lipinski definition) is 0. The standard InChI is InChI=1S/C11H8S/c1-2-3-9-4-5-11-10(8-9)6-7-12-11/h4-8H,1H3. The van der Waals surface area contributed by atoms with Crippen LogP contribution in [-0.2, 0) is 0 Å². The zero-order valence-electron chi connectivity index (χ0n) is 6.79. The Kier molecular flexibility index (Phi) is 1.85. The predicted octanol–water partition coefficient (Wildman–Crippen LogP) is 3.27. The van der Waals surface area contributed by atoms with Crippen LogP contribution in [0.5, 0.6) is 0 Å². The summed E-state index contributed by atoms with van der Waals surface area (Å²) in [4.78, 5) is 0. The maximum atomic E-state index is 3.04.